The largest absolute Gasteiger partial charge is 0.368 e. The number of amides is 1. The van der Waals surface area contributed by atoms with Crippen molar-refractivity contribution in [2.24, 2.45) is 0 Å². The summed E-state index contributed by atoms with van der Waals surface area (Å²) >= 11 is 0. The van der Waals surface area contributed by atoms with E-state index in [4.69, 9.17) is 0 Å². The lowest BCUT2D eigenvalue weighted by atomic mass is 10.1. The molecule has 1 aliphatic heterocycles. The van der Waals surface area contributed by atoms with Gasteiger partial charge in [0.05, 0.1) is 0 Å². The zero-order valence-electron chi connectivity index (χ0n) is 14.4. The number of carbonyl (C=O) groups excluding carboxylic acids is 1. The number of piperazine rings is 1. The van der Waals surface area contributed by atoms with Crippen LogP contribution in [0.15, 0.2) is 42.5 Å². The Hall–Kier alpha value is -2.89. The molecule has 1 N–H and O–H groups in total. The van der Waals surface area contributed by atoms with Gasteiger partial charge in [-0.3, -0.25) is 4.79 Å². The molecule has 0 bridgehead atoms. The zero-order valence-corrected chi connectivity index (χ0v) is 14.4. The van der Waals surface area contributed by atoms with Gasteiger partial charge in [0.25, 0.3) is 5.91 Å². The molecule has 0 unspecified atom stereocenters. The summed E-state index contributed by atoms with van der Waals surface area (Å²) in [5, 5.41) is 0.735. The minimum atomic E-state index is -0.313. The number of hydrogen-bond acceptors (Lipinski definition) is 2. The fourth-order valence-electron chi connectivity index (χ4n) is 3.49. The molecular formula is C20H19F2N3O. The lowest BCUT2D eigenvalue weighted by Gasteiger charge is -2.36. The number of benzene rings is 2. The van der Waals surface area contributed by atoms with Crippen molar-refractivity contribution in [2.45, 2.75) is 6.92 Å². The van der Waals surface area contributed by atoms with E-state index in [0.29, 0.717) is 31.9 Å². The molecule has 4 nitrogen and oxygen atoms in total. The van der Waals surface area contributed by atoms with Crippen LogP contribution in [0.5, 0.6) is 0 Å². The van der Waals surface area contributed by atoms with Crippen LogP contribution in [0.4, 0.5) is 14.5 Å². The van der Waals surface area contributed by atoms with E-state index in [0.717, 1.165) is 22.2 Å². The highest BCUT2D eigenvalue weighted by Crippen LogP contribution is 2.24. The molecule has 6 heteroatoms. The van der Waals surface area contributed by atoms with Crippen molar-refractivity contribution in [3.8, 4) is 0 Å². The molecule has 1 amide bonds. The monoisotopic (exact) mass is 355 g/mol. The van der Waals surface area contributed by atoms with Crippen LogP contribution in [0.1, 0.15) is 16.1 Å². The molecule has 1 saturated heterocycles. The molecular weight excluding hydrogens is 336 g/mol. The Morgan fingerprint density at radius 2 is 1.62 bits per heavy atom. The third-order valence-corrected chi connectivity index (χ3v) is 4.99. The summed E-state index contributed by atoms with van der Waals surface area (Å²) in [5.41, 5.74) is 3.00. The Balaban J connectivity index is 1.50. The number of halogens is 2. The number of aromatic nitrogens is 1. The second kappa shape index (κ2) is 6.44. The van der Waals surface area contributed by atoms with Gasteiger partial charge in [-0.05, 0) is 55.0 Å². The van der Waals surface area contributed by atoms with Gasteiger partial charge in [-0.1, -0.05) is 0 Å². The average Bonchev–Trinajstić information content (AvgIpc) is 2.98. The number of rotatable bonds is 2. The first-order valence-corrected chi connectivity index (χ1v) is 8.60. The van der Waals surface area contributed by atoms with E-state index < -0.39 is 0 Å². The van der Waals surface area contributed by atoms with E-state index in [1.165, 1.54) is 24.3 Å². The van der Waals surface area contributed by atoms with Crippen LogP contribution in [-0.2, 0) is 0 Å². The van der Waals surface area contributed by atoms with Crippen LogP contribution in [0.3, 0.4) is 0 Å². The number of carbonyl (C=O) groups is 1. The van der Waals surface area contributed by atoms with Crippen molar-refractivity contribution in [2.75, 3.05) is 31.1 Å². The van der Waals surface area contributed by atoms with Gasteiger partial charge in [0.15, 0.2) is 0 Å². The number of anilines is 1. The first-order chi connectivity index (χ1) is 12.5. The minimum Gasteiger partial charge on any atom is -0.368 e. The normalized spacial score (nSPS) is 14.9. The molecule has 4 rings (SSSR count). The fourth-order valence-corrected chi connectivity index (χ4v) is 3.49. The summed E-state index contributed by atoms with van der Waals surface area (Å²) < 4.78 is 26.5. The Bertz CT molecular complexity index is 957. The molecule has 1 aliphatic rings. The molecule has 0 aliphatic carbocycles. The standard InChI is InChI=1S/C20H19F2N3O/c1-13-17-12-15(22)4-7-18(17)23-19(13)20(26)25-10-8-24(9-11-25)16-5-2-14(21)3-6-16/h2-7,12,23H,8-11H2,1H3. The van der Waals surface area contributed by atoms with Crippen molar-refractivity contribution < 1.29 is 13.6 Å². The van der Waals surface area contributed by atoms with E-state index in [1.54, 1.807) is 23.1 Å². The van der Waals surface area contributed by atoms with Gasteiger partial charge in [-0.25, -0.2) is 8.78 Å². The van der Waals surface area contributed by atoms with E-state index in [1.807, 2.05) is 6.92 Å². The third kappa shape index (κ3) is 2.92. The maximum atomic E-state index is 13.5. The molecule has 0 radical (unpaired) electrons. The van der Waals surface area contributed by atoms with Gasteiger partial charge >= 0.3 is 0 Å². The second-order valence-corrected chi connectivity index (χ2v) is 6.57. The van der Waals surface area contributed by atoms with Crippen molar-refractivity contribution in [3.63, 3.8) is 0 Å². The predicted octanol–water partition coefficient (Wildman–Crippen LogP) is 3.72. The first kappa shape index (κ1) is 16.6. The number of fused-ring (bicyclic) bond motifs is 1. The van der Waals surface area contributed by atoms with Crippen LogP contribution >= 0.6 is 0 Å². The quantitative estimate of drug-likeness (QED) is 0.761. The smallest absolute Gasteiger partial charge is 0.270 e. The first-order valence-electron chi connectivity index (χ1n) is 8.60. The minimum absolute atomic E-state index is 0.0714. The summed E-state index contributed by atoms with van der Waals surface area (Å²) in [4.78, 5) is 20.0. The molecule has 2 heterocycles. The zero-order chi connectivity index (χ0) is 18.3. The maximum Gasteiger partial charge on any atom is 0.270 e. The highest BCUT2D eigenvalue weighted by Gasteiger charge is 2.25. The summed E-state index contributed by atoms with van der Waals surface area (Å²) in [6.07, 6.45) is 0. The van der Waals surface area contributed by atoms with Crippen molar-refractivity contribution in [1.29, 1.82) is 0 Å². The van der Waals surface area contributed by atoms with Gasteiger partial charge in [0, 0.05) is 42.8 Å². The molecule has 3 aromatic rings. The molecule has 26 heavy (non-hydrogen) atoms. The molecule has 2 aromatic carbocycles. The molecule has 0 saturated carbocycles. The van der Waals surface area contributed by atoms with Gasteiger partial charge in [-0.2, -0.15) is 0 Å². The summed E-state index contributed by atoms with van der Waals surface area (Å²) in [7, 11) is 0. The SMILES string of the molecule is Cc1c(C(=O)N2CCN(c3ccc(F)cc3)CC2)[nH]c2ccc(F)cc12. The number of nitrogens with one attached hydrogen (secondary N) is 1. The molecule has 1 fully saturated rings. The van der Waals surface area contributed by atoms with E-state index in [-0.39, 0.29) is 17.5 Å². The second-order valence-electron chi connectivity index (χ2n) is 6.57. The van der Waals surface area contributed by atoms with Crippen LogP contribution < -0.4 is 4.90 Å². The third-order valence-electron chi connectivity index (χ3n) is 4.99. The Morgan fingerprint density at radius 1 is 0.962 bits per heavy atom. The van der Waals surface area contributed by atoms with Crippen LogP contribution in [0.25, 0.3) is 10.9 Å². The summed E-state index contributed by atoms with van der Waals surface area (Å²) in [6, 6.07) is 10.9. The van der Waals surface area contributed by atoms with Gasteiger partial charge < -0.3 is 14.8 Å². The molecule has 1 aromatic heterocycles. The lowest BCUT2D eigenvalue weighted by molar-refractivity contribution is 0.0741. The predicted molar refractivity (Wildman–Crippen MR) is 97.5 cm³/mol. The Morgan fingerprint density at radius 3 is 2.31 bits per heavy atom. The Kier molecular flexibility index (Phi) is 4.11. The van der Waals surface area contributed by atoms with Gasteiger partial charge in [0.2, 0.25) is 0 Å². The van der Waals surface area contributed by atoms with E-state index in [2.05, 4.69) is 9.88 Å². The van der Waals surface area contributed by atoms with Crippen molar-refractivity contribution in [1.82, 2.24) is 9.88 Å². The van der Waals surface area contributed by atoms with Crippen LogP contribution in [0.2, 0.25) is 0 Å². The highest BCUT2D eigenvalue weighted by molar-refractivity contribution is 6.01. The lowest BCUT2D eigenvalue weighted by Crippen LogP contribution is -2.49. The van der Waals surface area contributed by atoms with Crippen LogP contribution in [0, 0.1) is 18.6 Å². The molecule has 0 spiro atoms. The van der Waals surface area contributed by atoms with Crippen molar-refractivity contribution in [3.05, 3.63) is 65.4 Å². The number of aromatic amines is 1. The summed E-state index contributed by atoms with van der Waals surface area (Å²) in [5.74, 6) is -0.641. The van der Waals surface area contributed by atoms with E-state index >= 15 is 0 Å². The fraction of sp³-hybridized carbons (Fsp3) is 0.250. The topological polar surface area (TPSA) is 39.3 Å². The molecule has 0 atom stereocenters. The molecule has 134 valence electrons. The van der Waals surface area contributed by atoms with Crippen LogP contribution in [-0.4, -0.2) is 42.0 Å². The van der Waals surface area contributed by atoms with Crippen molar-refractivity contribution >= 4 is 22.5 Å². The number of nitrogens with zero attached hydrogens (tertiary/aromatic N) is 2. The maximum absolute atomic E-state index is 13.5. The van der Waals surface area contributed by atoms with E-state index in [9.17, 15) is 13.6 Å². The number of H-pyrrole nitrogens is 1. The van der Waals surface area contributed by atoms with Gasteiger partial charge in [-0.15, -0.1) is 0 Å². The Labute approximate surface area is 150 Å². The number of aryl methyl sites for hydroxylation is 1. The highest BCUT2D eigenvalue weighted by atomic mass is 19.1. The average molecular weight is 355 g/mol. The number of hydrogen-bond donors (Lipinski definition) is 1. The summed E-state index contributed by atoms with van der Waals surface area (Å²) in [6.45, 7) is 4.37. The van der Waals surface area contributed by atoms with Gasteiger partial charge in [0.1, 0.15) is 17.3 Å².